The summed E-state index contributed by atoms with van der Waals surface area (Å²) < 4.78 is 21.0. The molecule has 194 valence electrons. The van der Waals surface area contributed by atoms with Crippen molar-refractivity contribution in [1.82, 2.24) is 14.5 Å². The number of benzene rings is 2. The SMILES string of the molecule is CC(C)(C)OC(=O)N1CSC(CNC(=O)[C@@H]2CCC(c3ccccc3)N(S(=O)c3ccccc3)C2)C1. The summed E-state index contributed by atoms with van der Waals surface area (Å²) >= 11 is 1.65. The van der Waals surface area contributed by atoms with E-state index in [4.69, 9.17) is 4.74 Å². The molecule has 0 spiro atoms. The lowest BCUT2D eigenvalue weighted by molar-refractivity contribution is -0.126. The summed E-state index contributed by atoms with van der Waals surface area (Å²) in [5, 5.41) is 3.21. The van der Waals surface area contributed by atoms with E-state index in [-0.39, 0.29) is 29.2 Å². The maximum atomic E-state index is 13.6. The molecule has 36 heavy (non-hydrogen) atoms. The number of piperidine rings is 1. The summed E-state index contributed by atoms with van der Waals surface area (Å²) in [5.74, 6) is 0.292. The van der Waals surface area contributed by atoms with Crippen LogP contribution in [0.1, 0.15) is 45.2 Å². The fourth-order valence-electron chi connectivity index (χ4n) is 4.50. The van der Waals surface area contributed by atoms with Crippen LogP contribution in [0.5, 0.6) is 0 Å². The van der Waals surface area contributed by atoms with Crippen molar-refractivity contribution in [2.45, 2.75) is 55.4 Å². The zero-order chi connectivity index (χ0) is 25.7. The minimum atomic E-state index is -1.37. The number of rotatable bonds is 6. The lowest BCUT2D eigenvalue weighted by Crippen LogP contribution is -2.46. The van der Waals surface area contributed by atoms with Crippen LogP contribution in [0.15, 0.2) is 65.6 Å². The van der Waals surface area contributed by atoms with Crippen LogP contribution in [0, 0.1) is 5.92 Å². The molecular formula is C27H35N3O4S2. The molecule has 4 atom stereocenters. The van der Waals surface area contributed by atoms with Gasteiger partial charge in [0.15, 0.2) is 0 Å². The highest BCUT2D eigenvalue weighted by Crippen LogP contribution is 2.36. The van der Waals surface area contributed by atoms with Crippen LogP contribution in [0.4, 0.5) is 4.79 Å². The number of carbonyl (C=O) groups excluding carboxylic acids is 2. The molecule has 4 rings (SSSR count). The normalized spacial score (nSPS) is 23.8. The lowest BCUT2D eigenvalue weighted by atomic mass is 9.90. The van der Waals surface area contributed by atoms with Gasteiger partial charge in [0, 0.05) is 30.9 Å². The predicted molar refractivity (Wildman–Crippen MR) is 144 cm³/mol. The van der Waals surface area contributed by atoms with Gasteiger partial charge in [-0.3, -0.25) is 9.69 Å². The van der Waals surface area contributed by atoms with E-state index >= 15 is 0 Å². The van der Waals surface area contributed by atoms with Crippen LogP contribution >= 0.6 is 11.8 Å². The van der Waals surface area contributed by atoms with Gasteiger partial charge in [-0.25, -0.2) is 13.3 Å². The van der Waals surface area contributed by atoms with Gasteiger partial charge in [-0.1, -0.05) is 48.5 Å². The van der Waals surface area contributed by atoms with Crippen molar-refractivity contribution in [2.24, 2.45) is 5.92 Å². The van der Waals surface area contributed by atoms with Gasteiger partial charge in [0.05, 0.1) is 16.7 Å². The smallest absolute Gasteiger partial charge is 0.411 e. The minimum Gasteiger partial charge on any atom is -0.444 e. The first-order valence-electron chi connectivity index (χ1n) is 12.4. The second-order valence-electron chi connectivity index (χ2n) is 10.2. The van der Waals surface area contributed by atoms with Gasteiger partial charge in [-0.15, -0.1) is 11.8 Å². The average Bonchev–Trinajstić information content (AvgIpc) is 3.36. The number of thioether (sulfide) groups is 1. The third-order valence-corrected chi connectivity index (χ3v) is 9.05. The van der Waals surface area contributed by atoms with E-state index in [1.165, 1.54) is 0 Å². The van der Waals surface area contributed by atoms with E-state index in [0.29, 0.717) is 25.5 Å². The first-order chi connectivity index (χ1) is 17.2. The zero-order valence-electron chi connectivity index (χ0n) is 21.1. The standard InChI is InChI=1S/C27H35N3O4S2/c1-27(2,3)34-26(32)29-18-22(35-19-29)16-28-25(31)21-14-15-24(20-10-6-4-7-11-20)30(17-21)36(33)23-12-8-5-9-13-23/h4-13,21-22,24H,14-19H2,1-3H3,(H,28,31)/t21-,22?,24?,36?/m1/s1. The van der Waals surface area contributed by atoms with Gasteiger partial charge in [-0.2, -0.15) is 0 Å². The molecule has 1 N–H and O–H groups in total. The molecule has 2 aliphatic heterocycles. The Labute approximate surface area is 220 Å². The highest BCUT2D eigenvalue weighted by atomic mass is 32.2. The molecule has 0 saturated carbocycles. The van der Waals surface area contributed by atoms with Crippen molar-refractivity contribution in [3.63, 3.8) is 0 Å². The predicted octanol–water partition coefficient (Wildman–Crippen LogP) is 4.59. The first-order valence-corrected chi connectivity index (χ1v) is 14.5. The van der Waals surface area contributed by atoms with Crippen molar-refractivity contribution < 1.29 is 18.5 Å². The molecule has 2 aromatic rings. The number of nitrogens with zero attached hydrogens (tertiary/aromatic N) is 2. The van der Waals surface area contributed by atoms with Crippen molar-refractivity contribution in [2.75, 3.05) is 25.5 Å². The Morgan fingerprint density at radius 3 is 2.36 bits per heavy atom. The Morgan fingerprint density at radius 2 is 1.69 bits per heavy atom. The maximum Gasteiger partial charge on any atom is 0.411 e. The topological polar surface area (TPSA) is 79.0 Å². The zero-order valence-corrected chi connectivity index (χ0v) is 22.7. The number of hydrogen-bond donors (Lipinski definition) is 1. The molecule has 9 heteroatoms. The fourth-order valence-corrected chi connectivity index (χ4v) is 7.02. The third kappa shape index (κ3) is 6.89. The number of carbonyl (C=O) groups is 2. The summed E-state index contributed by atoms with van der Waals surface area (Å²) in [6.45, 7) is 7.02. The van der Waals surface area contributed by atoms with Crippen LogP contribution in [-0.4, -0.2) is 61.8 Å². The van der Waals surface area contributed by atoms with E-state index in [2.05, 4.69) is 17.4 Å². The van der Waals surface area contributed by atoms with Gasteiger partial charge < -0.3 is 10.1 Å². The Balaban J connectivity index is 1.37. The van der Waals surface area contributed by atoms with E-state index < -0.39 is 16.6 Å². The highest BCUT2D eigenvalue weighted by molar-refractivity contribution is 8.00. The van der Waals surface area contributed by atoms with Gasteiger partial charge in [0.1, 0.15) is 16.6 Å². The highest BCUT2D eigenvalue weighted by Gasteiger charge is 2.37. The van der Waals surface area contributed by atoms with E-state index in [1.807, 2.05) is 73.6 Å². The third-order valence-electron chi connectivity index (χ3n) is 6.30. The van der Waals surface area contributed by atoms with Crippen LogP contribution in [0.25, 0.3) is 0 Å². The van der Waals surface area contributed by atoms with Gasteiger partial charge >= 0.3 is 6.09 Å². The van der Waals surface area contributed by atoms with Crippen molar-refractivity contribution in [3.8, 4) is 0 Å². The summed E-state index contributed by atoms with van der Waals surface area (Å²) in [6, 6.07) is 19.5. The average molecular weight is 530 g/mol. The van der Waals surface area contributed by atoms with E-state index in [0.717, 1.165) is 23.3 Å². The number of nitrogens with one attached hydrogen (secondary N) is 1. The maximum absolute atomic E-state index is 13.6. The van der Waals surface area contributed by atoms with Crippen molar-refractivity contribution >= 4 is 34.7 Å². The molecule has 2 fully saturated rings. The number of amides is 2. The fraction of sp³-hybridized carbons (Fsp3) is 0.481. The summed E-state index contributed by atoms with van der Waals surface area (Å²) in [6.07, 6.45) is 1.17. The monoisotopic (exact) mass is 529 g/mol. The molecule has 0 radical (unpaired) electrons. The molecule has 2 aliphatic rings. The summed E-state index contributed by atoms with van der Waals surface area (Å²) in [5.41, 5.74) is 0.587. The van der Waals surface area contributed by atoms with Crippen molar-refractivity contribution in [1.29, 1.82) is 0 Å². The Hall–Kier alpha value is -2.36. The Bertz CT molecular complexity index is 1060. The van der Waals surface area contributed by atoms with E-state index in [9.17, 15) is 13.8 Å². The minimum absolute atomic E-state index is 0.0101. The Morgan fingerprint density at radius 1 is 1.03 bits per heavy atom. The summed E-state index contributed by atoms with van der Waals surface area (Å²) in [7, 11) is -1.37. The van der Waals surface area contributed by atoms with Crippen LogP contribution < -0.4 is 5.32 Å². The first kappa shape index (κ1) is 26.7. The molecule has 2 heterocycles. The molecule has 0 bridgehead atoms. The largest absolute Gasteiger partial charge is 0.444 e. The van der Waals surface area contributed by atoms with Crippen LogP contribution in [-0.2, 0) is 20.5 Å². The molecule has 3 unspecified atom stereocenters. The molecule has 2 amide bonds. The second kappa shape index (κ2) is 11.8. The molecule has 0 aromatic heterocycles. The quantitative estimate of drug-likeness (QED) is 0.592. The molecule has 2 aromatic carbocycles. The molecular weight excluding hydrogens is 494 g/mol. The molecule has 7 nitrogen and oxygen atoms in total. The van der Waals surface area contributed by atoms with Crippen molar-refractivity contribution in [3.05, 3.63) is 66.2 Å². The van der Waals surface area contributed by atoms with Crippen LogP contribution in [0.3, 0.4) is 0 Å². The second-order valence-corrected chi connectivity index (χ2v) is 12.9. The summed E-state index contributed by atoms with van der Waals surface area (Å²) in [4.78, 5) is 27.9. The Kier molecular flexibility index (Phi) is 8.74. The molecule has 0 aliphatic carbocycles. The lowest BCUT2D eigenvalue weighted by Gasteiger charge is -2.38. The van der Waals surface area contributed by atoms with Crippen LogP contribution in [0.2, 0.25) is 0 Å². The molecule has 2 saturated heterocycles. The number of hydrogen-bond acceptors (Lipinski definition) is 5. The number of ether oxygens (including phenoxy) is 1. The van der Waals surface area contributed by atoms with Gasteiger partial charge in [-0.05, 0) is 51.3 Å². The van der Waals surface area contributed by atoms with Gasteiger partial charge in [0.2, 0.25) is 5.91 Å². The van der Waals surface area contributed by atoms with Gasteiger partial charge in [0.25, 0.3) is 0 Å². The van der Waals surface area contributed by atoms with E-state index in [1.54, 1.807) is 16.7 Å².